The minimum Gasteiger partial charge on any atom is -0.390 e. The second-order valence-electron chi connectivity index (χ2n) is 4.94. The van der Waals surface area contributed by atoms with Crippen LogP contribution in [0.5, 0.6) is 0 Å². The zero-order valence-corrected chi connectivity index (χ0v) is 9.65. The Hall–Kier alpha value is -0.160. The maximum absolute atomic E-state index is 9.83. The Bertz CT molecular complexity index is 188. The predicted molar refractivity (Wildman–Crippen MR) is 61.0 cm³/mol. The maximum Gasteiger partial charge on any atom is 0.0791 e. The van der Waals surface area contributed by atoms with Crippen molar-refractivity contribution in [2.45, 2.75) is 25.0 Å². The topological polar surface area (TPSA) is 38.7 Å². The van der Waals surface area contributed by atoms with Crippen LogP contribution in [0.3, 0.4) is 0 Å². The van der Waals surface area contributed by atoms with Gasteiger partial charge in [-0.05, 0) is 19.9 Å². The molecule has 0 aromatic heterocycles. The molecule has 4 heteroatoms. The van der Waals surface area contributed by atoms with Crippen molar-refractivity contribution in [3.05, 3.63) is 0 Å². The van der Waals surface area contributed by atoms with Crippen LogP contribution in [-0.4, -0.2) is 73.4 Å². The van der Waals surface area contributed by atoms with E-state index in [0.29, 0.717) is 6.04 Å². The molecule has 0 aromatic rings. The monoisotopic (exact) mass is 213 g/mol. The highest BCUT2D eigenvalue weighted by Crippen LogP contribution is 2.18. The van der Waals surface area contributed by atoms with Crippen LogP contribution >= 0.6 is 0 Å². The number of nitrogens with zero attached hydrogens (tertiary/aromatic N) is 2. The van der Waals surface area contributed by atoms with Crippen molar-refractivity contribution in [1.82, 2.24) is 15.1 Å². The summed E-state index contributed by atoms with van der Waals surface area (Å²) >= 11 is 0. The van der Waals surface area contributed by atoms with Crippen LogP contribution in [0.15, 0.2) is 0 Å². The van der Waals surface area contributed by atoms with Gasteiger partial charge in [0.2, 0.25) is 0 Å². The van der Waals surface area contributed by atoms with E-state index in [-0.39, 0.29) is 6.10 Å². The Labute approximate surface area is 92.2 Å². The third kappa shape index (κ3) is 4.07. The van der Waals surface area contributed by atoms with Crippen molar-refractivity contribution in [2.24, 2.45) is 0 Å². The molecule has 1 atom stereocenters. The molecule has 1 aliphatic carbocycles. The Morgan fingerprint density at radius 1 is 1.27 bits per heavy atom. The van der Waals surface area contributed by atoms with E-state index >= 15 is 0 Å². The molecule has 2 rings (SSSR count). The Kier molecular flexibility index (Phi) is 3.97. The van der Waals surface area contributed by atoms with Gasteiger partial charge in [0.25, 0.3) is 0 Å². The lowest BCUT2D eigenvalue weighted by molar-refractivity contribution is 0.0800. The first-order valence-corrected chi connectivity index (χ1v) is 6.06. The molecule has 15 heavy (non-hydrogen) atoms. The van der Waals surface area contributed by atoms with Crippen LogP contribution in [0.4, 0.5) is 0 Å². The van der Waals surface area contributed by atoms with E-state index in [0.717, 1.165) is 39.3 Å². The molecule has 88 valence electrons. The molecule has 0 bridgehead atoms. The summed E-state index contributed by atoms with van der Waals surface area (Å²) in [6, 6.07) is 0.701. The van der Waals surface area contributed by atoms with Gasteiger partial charge in [-0.15, -0.1) is 0 Å². The van der Waals surface area contributed by atoms with Crippen molar-refractivity contribution in [3.8, 4) is 0 Å². The minimum atomic E-state index is -0.200. The second kappa shape index (κ2) is 5.25. The van der Waals surface area contributed by atoms with Gasteiger partial charge in [-0.25, -0.2) is 0 Å². The maximum atomic E-state index is 9.83. The lowest BCUT2D eigenvalue weighted by Crippen LogP contribution is -2.48. The largest absolute Gasteiger partial charge is 0.390 e. The first-order chi connectivity index (χ1) is 7.24. The van der Waals surface area contributed by atoms with E-state index in [1.165, 1.54) is 12.8 Å². The molecule has 0 aromatic carbocycles. The Morgan fingerprint density at radius 3 is 2.53 bits per heavy atom. The van der Waals surface area contributed by atoms with E-state index in [1.54, 1.807) is 0 Å². The third-order valence-corrected chi connectivity index (χ3v) is 3.28. The van der Waals surface area contributed by atoms with Crippen LogP contribution in [0.1, 0.15) is 12.8 Å². The lowest BCUT2D eigenvalue weighted by Gasteiger charge is -2.33. The number of piperazine rings is 1. The van der Waals surface area contributed by atoms with Gasteiger partial charge < -0.3 is 15.3 Å². The Morgan fingerprint density at radius 2 is 1.93 bits per heavy atom. The van der Waals surface area contributed by atoms with Crippen LogP contribution < -0.4 is 5.32 Å². The molecule has 0 radical (unpaired) electrons. The normalized spacial score (nSPS) is 26.8. The molecule has 0 unspecified atom stereocenters. The van der Waals surface area contributed by atoms with E-state index in [9.17, 15) is 5.11 Å². The summed E-state index contributed by atoms with van der Waals surface area (Å²) in [5.41, 5.74) is 0. The zero-order valence-electron chi connectivity index (χ0n) is 9.65. The van der Waals surface area contributed by atoms with Crippen LogP contribution in [-0.2, 0) is 0 Å². The number of β-amino-alcohol motifs (C(OH)–C–C–N with tert-alkyl or cyclic N) is 1. The predicted octanol–water partition coefficient (Wildman–Crippen LogP) is -0.653. The molecule has 2 aliphatic rings. The van der Waals surface area contributed by atoms with Crippen molar-refractivity contribution in [2.75, 3.05) is 46.3 Å². The second-order valence-corrected chi connectivity index (χ2v) is 4.94. The fourth-order valence-corrected chi connectivity index (χ4v) is 1.98. The summed E-state index contributed by atoms with van der Waals surface area (Å²) in [6.45, 7) is 6.03. The van der Waals surface area contributed by atoms with Gasteiger partial charge in [-0.1, -0.05) is 0 Å². The van der Waals surface area contributed by atoms with Crippen LogP contribution in [0.25, 0.3) is 0 Å². The zero-order chi connectivity index (χ0) is 10.7. The molecular weight excluding hydrogens is 190 g/mol. The highest BCUT2D eigenvalue weighted by molar-refractivity contribution is 4.82. The minimum absolute atomic E-state index is 0.200. The molecule has 2 fully saturated rings. The van der Waals surface area contributed by atoms with Crippen LogP contribution in [0.2, 0.25) is 0 Å². The number of nitrogens with one attached hydrogen (secondary N) is 1. The average molecular weight is 213 g/mol. The first kappa shape index (κ1) is 11.3. The molecule has 1 aliphatic heterocycles. The number of rotatable bonds is 5. The summed E-state index contributed by atoms with van der Waals surface area (Å²) in [5.74, 6) is 0. The van der Waals surface area contributed by atoms with Crippen molar-refractivity contribution in [1.29, 1.82) is 0 Å². The number of hydrogen-bond acceptors (Lipinski definition) is 4. The summed E-state index contributed by atoms with van der Waals surface area (Å²) in [5, 5.41) is 13.2. The SMILES string of the molecule is CN1CCN(C[C@@H](O)CNC2CC2)CC1. The van der Waals surface area contributed by atoms with Gasteiger partial charge in [0.1, 0.15) is 0 Å². The van der Waals surface area contributed by atoms with Crippen molar-refractivity contribution in [3.63, 3.8) is 0 Å². The van der Waals surface area contributed by atoms with Gasteiger partial charge in [-0.2, -0.15) is 0 Å². The molecule has 4 nitrogen and oxygen atoms in total. The van der Waals surface area contributed by atoms with E-state index in [4.69, 9.17) is 0 Å². The van der Waals surface area contributed by atoms with Gasteiger partial charge in [0.05, 0.1) is 6.10 Å². The quantitative estimate of drug-likeness (QED) is 0.636. The van der Waals surface area contributed by atoms with Gasteiger partial charge >= 0.3 is 0 Å². The Balaban J connectivity index is 1.58. The lowest BCUT2D eigenvalue weighted by atomic mass is 10.2. The summed E-state index contributed by atoms with van der Waals surface area (Å²) in [7, 11) is 2.16. The standard InChI is InChI=1S/C11H23N3O/c1-13-4-6-14(7-5-13)9-11(15)8-12-10-2-3-10/h10-12,15H,2-9H2,1H3/t11-/m0/s1. The van der Waals surface area contributed by atoms with Crippen molar-refractivity contribution >= 4 is 0 Å². The molecule has 1 saturated heterocycles. The molecule has 1 saturated carbocycles. The fourth-order valence-electron chi connectivity index (χ4n) is 1.98. The molecule has 0 spiro atoms. The molecular formula is C11H23N3O. The average Bonchev–Trinajstić information content (AvgIpc) is 3.02. The number of hydrogen-bond donors (Lipinski definition) is 2. The van der Waals surface area contributed by atoms with Gasteiger partial charge in [0.15, 0.2) is 0 Å². The number of aliphatic hydroxyl groups excluding tert-OH is 1. The fraction of sp³-hybridized carbons (Fsp3) is 1.00. The summed E-state index contributed by atoms with van der Waals surface area (Å²) in [4.78, 5) is 4.70. The van der Waals surface area contributed by atoms with Crippen molar-refractivity contribution < 1.29 is 5.11 Å². The van der Waals surface area contributed by atoms with E-state index in [2.05, 4.69) is 22.2 Å². The molecule has 1 heterocycles. The van der Waals surface area contributed by atoms with Gasteiger partial charge in [0, 0.05) is 45.3 Å². The molecule has 2 N–H and O–H groups in total. The van der Waals surface area contributed by atoms with E-state index in [1.807, 2.05) is 0 Å². The highest BCUT2D eigenvalue weighted by atomic mass is 16.3. The smallest absolute Gasteiger partial charge is 0.0791 e. The van der Waals surface area contributed by atoms with E-state index < -0.39 is 0 Å². The summed E-state index contributed by atoms with van der Waals surface area (Å²) < 4.78 is 0. The third-order valence-electron chi connectivity index (χ3n) is 3.28. The summed E-state index contributed by atoms with van der Waals surface area (Å²) in [6.07, 6.45) is 2.39. The highest BCUT2D eigenvalue weighted by Gasteiger charge is 2.22. The number of aliphatic hydroxyl groups is 1. The van der Waals surface area contributed by atoms with Gasteiger partial charge in [-0.3, -0.25) is 4.90 Å². The first-order valence-electron chi connectivity index (χ1n) is 6.06. The van der Waals surface area contributed by atoms with Crippen LogP contribution in [0, 0.1) is 0 Å². The number of likely N-dealkylation sites (N-methyl/N-ethyl adjacent to an activating group) is 1. The molecule has 0 amide bonds.